The van der Waals surface area contributed by atoms with Crippen molar-refractivity contribution in [2.75, 3.05) is 31.7 Å². The molecule has 6 nitrogen and oxygen atoms in total. The number of rotatable bonds is 6. The Morgan fingerprint density at radius 3 is 2.65 bits per heavy atom. The lowest BCUT2D eigenvalue weighted by Gasteiger charge is -2.08. The summed E-state index contributed by atoms with van der Waals surface area (Å²) in [6.45, 7) is 0.453. The number of anilines is 1. The Kier molecular flexibility index (Phi) is 7.32. The first-order valence-electron chi connectivity index (χ1n) is 5.77. The van der Waals surface area contributed by atoms with Gasteiger partial charge in [-0.3, -0.25) is 9.59 Å². The fraction of sp³-hybridized carbons (Fsp3) is 0.333. The summed E-state index contributed by atoms with van der Waals surface area (Å²) in [5.74, 6) is -1.66. The minimum absolute atomic E-state index is 0.0955. The molecule has 0 radical (unpaired) electrons. The highest BCUT2D eigenvalue weighted by molar-refractivity contribution is 6.42. The third-order valence-corrected chi connectivity index (χ3v) is 2.72. The van der Waals surface area contributed by atoms with Gasteiger partial charge in [0.05, 0.1) is 30.5 Å². The van der Waals surface area contributed by atoms with E-state index in [0.717, 1.165) is 0 Å². The van der Waals surface area contributed by atoms with Gasteiger partial charge in [-0.1, -0.05) is 23.2 Å². The molecular weight excluding hydrogens is 307 g/mol. The van der Waals surface area contributed by atoms with Crippen LogP contribution in [0.3, 0.4) is 0 Å². The zero-order valence-electron chi connectivity index (χ0n) is 10.5. The molecule has 0 aliphatic rings. The van der Waals surface area contributed by atoms with Crippen LogP contribution in [0.25, 0.3) is 0 Å². The van der Waals surface area contributed by atoms with Crippen LogP contribution >= 0.6 is 23.2 Å². The van der Waals surface area contributed by atoms with Crippen LogP contribution in [0.4, 0.5) is 5.69 Å². The number of halogens is 2. The zero-order chi connectivity index (χ0) is 15.0. The van der Waals surface area contributed by atoms with E-state index in [9.17, 15) is 9.59 Å². The van der Waals surface area contributed by atoms with Gasteiger partial charge in [-0.05, 0) is 18.2 Å². The maximum Gasteiger partial charge on any atom is 0.313 e. The number of aliphatic hydroxyl groups excluding tert-OH is 1. The predicted octanol–water partition coefficient (Wildman–Crippen LogP) is 1.06. The van der Waals surface area contributed by atoms with E-state index >= 15 is 0 Å². The van der Waals surface area contributed by atoms with Gasteiger partial charge in [-0.2, -0.15) is 0 Å². The molecule has 0 aromatic heterocycles. The molecule has 0 saturated heterocycles. The van der Waals surface area contributed by atoms with Crippen LogP contribution in [0, 0.1) is 0 Å². The fourth-order valence-corrected chi connectivity index (χ4v) is 1.59. The molecule has 3 N–H and O–H groups in total. The molecule has 2 amide bonds. The Bertz CT molecular complexity index is 483. The summed E-state index contributed by atoms with van der Waals surface area (Å²) in [5, 5.41) is 13.9. The second kappa shape index (κ2) is 8.76. The van der Waals surface area contributed by atoms with Gasteiger partial charge in [0, 0.05) is 11.6 Å². The molecule has 0 fully saturated rings. The monoisotopic (exact) mass is 320 g/mol. The highest BCUT2D eigenvalue weighted by atomic mass is 35.5. The van der Waals surface area contributed by atoms with Crippen molar-refractivity contribution >= 4 is 40.7 Å². The lowest BCUT2D eigenvalue weighted by Crippen LogP contribution is -2.37. The van der Waals surface area contributed by atoms with Gasteiger partial charge in [-0.25, -0.2) is 0 Å². The number of benzene rings is 1. The van der Waals surface area contributed by atoms with Crippen LogP contribution in [0.15, 0.2) is 18.2 Å². The maximum absolute atomic E-state index is 11.6. The minimum Gasteiger partial charge on any atom is -0.394 e. The topological polar surface area (TPSA) is 87.7 Å². The lowest BCUT2D eigenvalue weighted by atomic mass is 10.3. The summed E-state index contributed by atoms with van der Waals surface area (Å²) in [5.41, 5.74) is 0.260. The summed E-state index contributed by atoms with van der Waals surface area (Å²) in [4.78, 5) is 23.1. The lowest BCUT2D eigenvalue weighted by molar-refractivity contribution is -0.136. The van der Waals surface area contributed by atoms with Crippen molar-refractivity contribution in [1.82, 2.24) is 5.32 Å². The van der Waals surface area contributed by atoms with Gasteiger partial charge in [0.15, 0.2) is 0 Å². The predicted molar refractivity (Wildman–Crippen MR) is 76.0 cm³/mol. The number of carbonyl (C=O) groups is 2. The Labute approximate surface area is 126 Å². The van der Waals surface area contributed by atoms with E-state index < -0.39 is 11.8 Å². The van der Waals surface area contributed by atoms with E-state index in [-0.39, 0.29) is 37.1 Å². The van der Waals surface area contributed by atoms with Crippen LogP contribution in [0.2, 0.25) is 10.0 Å². The molecule has 0 spiro atoms. The smallest absolute Gasteiger partial charge is 0.313 e. The van der Waals surface area contributed by atoms with Crippen molar-refractivity contribution in [2.24, 2.45) is 0 Å². The van der Waals surface area contributed by atoms with Gasteiger partial charge < -0.3 is 20.5 Å². The number of carbonyl (C=O) groups excluding carboxylic acids is 2. The number of nitrogens with one attached hydrogen (secondary N) is 2. The third kappa shape index (κ3) is 5.75. The van der Waals surface area contributed by atoms with E-state index in [4.69, 9.17) is 33.0 Å². The molecule has 1 aromatic rings. The average molecular weight is 321 g/mol. The first kappa shape index (κ1) is 16.7. The molecule has 0 aliphatic carbocycles. The highest BCUT2D eigenvalue weighted by Gasteiger charge is 2.14. The first-order valence-corrected chi connectivity index (χ1v) is 6.53. The Morgan fingerprint density at radius 2 is 1.95 bits per heavy atom. The van der Waals surface area contributed by atoms with Crippen molar-refractivity contribution in [2.45, 2.75) is 0 Å². The van der Waals surface area contributed by atoms with E-state index in [1.54, 1.807) is 6.07 Å². The normalized spacial score (nSPS) is 10.2. The molecular formula is C12H14Cl2N2O4. The van der Waals surface area contributed by atoms with E-state index in [1.165, 1.54) is 12.1 Å². The second-order valence-electron chi connectivity index (χ2n) is 3.67. The fourth-order valence-electron chi connectivity index (χ4n) is 1.26. The zero-order valence-corrected chi connectivity index (χ0v) is 12.0. The van der Waals surface area contributed by atoms with Crippen molar-refractivity contribution in [3.8, 4) is 0 Å². The van der Waals surface area contributed by atoms with E-state index in [2.05, 4.69) is 10.6 Å². The summed E-state index contributed by atoms with van der Waals surface area (Å²) >= 11 is 11.6. The molecule has 0 unspecified atom stereocenters. The summed E-state index contributed by atoms with van der Waals surface area (Å²) < 4.78 is 4.93. The summed E-state index contributed by atoms with van der Waals surface area (Å²) in [7, 11) is 0. The average Bonchev–Trinajstić information content (AvgIpc) is 2.42. The van der Waals surface area contributed by atoms with Crippen molar-refractivity contribution < 1.29 is 19.4 Å². The van der Waals surface area contributed by atoms with Crippen LogP contribution in [0.5, 0.6) is 0 Å². The highest BCUT2D eigenvalue weighted by Crippen LogP contribution is 2.25. The summed E-state index contributed by atoms with van der Waals surface area (Å²) in [6.07, 6.45) is 0. The Balaban J connectivity index is 2.41. The molecule has 1 rings (SSSR count). The van der Waals surface area contributed by atoms with Crippen molar-refractivity contribution in [3.05, 3.63) is 28.2 Å². The van der Waals surface area contributed by atoms with Gasteiger partial charge in [-0.15, -0.1) is 0 Å². The Hall–Kier alpha value is -1.34. The van der Waals surface area contributed by atoms with E-state index in [0.29, 0.717) is 5.02 Å². The van der Waals surface area contributed by atoms with Gasteiger partial charge in [0.1, 0.15) is 0 Å². The number of aliphatic hydroxyl groups is 1. The van der Waals surface area contributed by atoms with E-state index in [1.807, 2.05) is 0 Å². The number of hydrogen-bond acceptors (Lipinski definition) is 4. The van der Waals surface area contributed by atoms with Gasteiger partial charge in [0.2, 0.25) is 0 Å². The molecule has 0 bridgehead atoms. The SMILES string of the molecule is O=C(NCCOCCO)C(=O)Nc1cc(Cl)ccc1Cl. The standard InChI is InChI=1S/C12H14Cl2N2O4/c13-8-1-2-9(14)10(7-8)16-12(19)11(18)15-3-5-20-6-4-17/h1-2,7,17H,3-6H2,(H,15,18)(H,16,19). The van der Waals surface area contributed by atoms with Crippen LogP contribution in [0.1, 0.15) is 0 Å². The third-order valence-electron chi connectivity index (χ3n) is 2.15. The van der Waals surface area contributed by atoms with Gasteiger partial charge >= 0.3 is 11.8 Å². The molecule has 20 heavy (non-hydrogen) atoms. The molecule has 0 atom stereocenters. The maximum atomic E-state index is 11.6. The molecule has 0 saturated carbocycles. The molecule has 1 aromatic carbocycles. The van der Waals surface area contributed by atoms with Crippen LogP contribution < -0.4 is 10.6 Å². The minimum atomic E-state index is -0.851. The quantitative estimate of drug-likeness (QED) is 0.540. The van der Waals surface area contributed by atoms with Gasteiger partial charge in [0.25, 0.3) is 0 Å². The second-order valence-corrected chi connectivity index (χ2v) is 4.51. The molecule has 0 heterocycles. The summed E-state index contributed by atoms with van der Waals surface area (Å²) in [6, 6.07) is 4.53. The first-order chi connectivity index (χ1) is 9.54. The molecule has 8 heteroatoms. The largest absolute Gasteiger partial charge is 0.394 e. The van der Waals surface area contributed by atoms with Crippen molar-refractivity contribution in [3.63, 3.8) is 0 Å². The van der Waals surface area contributed by atoms with Crippen LogP contribution in [-0.2, 0) is 14.3 Å². The molecule has 110 valence electrons. The Morgan fingerprint density at radius 1 is 1.20 bits per heavy atom. The van der Waals surface area contributed by atoms with Crippen molar-refractivity contribution in [1.29, 1.82) is 0 Å². The molecule has 0 aliphatic heterocycles. The van der Waals surface area contributed by atoms with Crippen LogP contribution in [-0.4, -0.2) is 43.3 Å². The number of hydrogen-bond donors (Lipinski definition) is 3. The number of ether oxygens (including phenoxy) is 1. The number of amides is 2.